The fraction of sp³-hybridized carbons (Fsp3) is 0. The van der Waals surface area contributed by atoms with Crippen molar-refractivity contribution >= 4 is 60.3 Å². The summed E-state index contributed by atoms with van der Waals surface area (Å²) in [5.74, 6) is 0. The van der Waals surface area contributed by atoms with Crippen LogP contribution in [-0.2, 0) is 0 Å². The van der Waals surface area contributed by atoms with Crippen LogP contribution >= 0.6 is 11.3 Å². The van der Waals surface area contributed by atoms with Crippen LogP contribution in [-0.4, -0.2) is 14.2 Å². The van der Waals surface area contributed by atoms with E-state index in [1.807, 2.05) is 6.20 Å². The standard InChI is InChI=1S/C25H15N3S/c1-2-10-19-18(9-1)22-13-14-26-28(22)23-15-29-25(24(19)23)27-20-11-5-3-7-16(20)17-8-4-6-12-21(17)27/h1-15H. The van der Waals surface area contributed by atoms with Gasteiger partial charge in [0.1, 0.15) is 5.00 Å². The molecule has 0 aliphatic heterocycles. The van der Waals surface area contributed by atoms with Gasteiger partial charge < -0.3 is 4.57 Å². The largest absolute Gasteiger partial charge is 0.300 e. The average Bonchev–Trinajstić information content (AvgIpc) is 3.49. The summed E-state index contributed by atoms with van der Waals surface area (Å²) in [4.78, 5) is 0. The van der Waals surface area contributed by atoms with Crippen LogP contribution in [0.4, 0.5) is 0 Å². The normalized spacial score (nSPS) is 12.1. The van der Waals surface area contributed by atoms with Crippen LogP contribution in [0.5, 0.6) is 0 Å². The SMILES string of the molecule is c1ccc2c(c1)c1c(-n3c4ccccc4c4ccccc43)scc1n1nccc21. The van der Waals surface area contributed by atoms with E-state index < -0.39 is 0 Å². The lowest BCUT2D eigenvalue weighted by molar-refractivity contribution is 1.01. The molecular weight excluding hydrogens is 374 g/mol. The highest BCUT2D eigenvalue weighted by molar-refractivity contribution is 7.14. The highest BCUT2D eigenvalue weighted by Gasteiger charge is 2.19. The zero-order chi connectivity index (χ0) is 18.9. The van der Waals surface area contributed by atoms with Crippen LogP contribution in [0.1, 0.15) is 0 Å². The predicted molar refractivity (Wildman–Crippen MR) is 122 cm³/mol. The van der Waals surface area contributed by atoms with E-state index in [2.05, 4.69) is 98.4 Å². The number of nitrogens with zero attached hydrogens (tertiary/aromatic N) is 3. The second-order valence-electron chi connectivity index (χ2n) is 7.34. The molecule has 3 nitrogen and oxygen atoms in total. The molecular formula is C25H15N3S. The fourth-order valence-electron chi connectivity index (χ4n) is 4.68. The van der Waals surface area contributed by atoms with Gasteiger partial charge in [0.05, 0.1) is 28.3 Å². The summed E-state index contributed by atoms with van der Waals surface area (Å²) in [6.45, 7) is 0. The predicted octanol–water partition coefficient (Wildman–Crippen LogP) is 6.80. The van der Waals surface area contributed by atoms with E-state index >= 15 is 0 Å². The zero-order valence-electron chi connectivity index (χ0n) is 15.4. The minimum Gasteiger partial charge on any atom is -0.300 e. The molecule has 0 fully saturated rings. The second-order valence-corrected chi connectivity index (χ2v) is 8.20. The first-order chi connectivity index (χ1) is 14.4. The van der Waals surface area contributed by atoms with Crippen molar-refractivity contribution in [3.8, 4) is 5.00 Å². The Kier molecular flexibility index (Phi) is 2.88. The Morgan fingerprint density at radius 1 is 0.586 bits per heavy atom. The Morgan fingerprint density at radius 3 is 1.86 bits per heavy atom. The van der Waals surface area contributed by atoms with Crippen LogP contribution in [0.2, 0.25) is 0 Å². The molecule has 0 atom stereocenters. The number of fused-ring (bicyclic) bond motifs is 9. The maximum Gasteiger partial charge on any atom is 0.110 e. The molecule has 0 amide bonds. The van der Waals surface area contributed by atoms with Gasteiger partial charge in [-0.05, 0) is 23.6 Å². The molecule has 29 heavy (non-hydrogen) atoms. The number of hydrogen-bond acceptors (Lipinski definition) is 2. The monoisotopic (exact) mass is 389 g/mol. The lowest BCUT2D eigenvalue weighted by Crippen LogP contribution is -1.94. The molecule has 4 heteroatoms. The first kappa shape index (κ1) is 15.3. The number of pyridine rings is 1. The van der Waals surface area contributed by atoms with E-state index in [0.717, 1.165) is 11.0 Å². The molecule has 0 aliphatic rings. The molecule has 0 bridgehead atoms. The Bertz CT molecular complexity index is 1660. The van der Waals surface area contributed by atoms with Crippen molar-refractivity contribution in [1.29, 1.82) is 0 Å². The molecule has 7 rings (SSSR count). The molecule has 0 radical (unpaired) electrons. The number of benzene rings is 3. The molecule has 136 valence electrons. The molecule has 0 saturated carbocycles. The third-order valence-corrected chi connectivity index (χ3v) is 6.83. The Balaban J connectivity index is 1.76. The van der Waals surface area contributed by atoms with Crippen molar-refractivity contribution in [2.45, 2.75) is 0 Å². The topological polar surface area (TPSA) is 22.2 Å². The molecule has 0 unspecified atom stereocenters. The van der Waals surface area contributed by atoms with Gasteiger partial charge >= 0.3 is 0 Å². The summed E-state index contributed by atoms with van der Waals surface area (Å²) < 4.78 is 4.49. The van der Waals surface area contributed by atoms with Crippen LogP contribution in [0.25, 0.3) is 54.0 Å². The number of thiophene rings is 1. The zero-order valence-corrected chi connectivity index (χ0v) is 16.2. The van der Waals surface area contributed by atoms with E-state index in [-0.39, 0.29) is 0 Å². The van der Waals surface area contributed by atoms with E-state index in [4.69, 9.17) is 0 Å². The lowest BCUT2D eigenvalue weighted by Gasteiger charge is -2.09. The number of hydrogen-bond donors (Lipinski definition) is 0. The highest BCUT2D eigenvalue weighted by atomic mass is 32.1. The van der Waals surface area contributed by atoms with Gasteiger partial charge in [-0.1, -0.05) is 60.7 Å². The second kappa shape index (κ2) is 5.46. The van der Waals surface area contributed by atoms with Gasteiger partial charge in [-0.25, -0.2) is 4.52 Å². The van der Waals surface area contributed by atoms with Crippen molar-refractivity contribution in [2.24, 2.45) is 0 Å². The maximum atomic E-state index is 4.63. The van der Waals surface area contributed by atoms with Crippen molar-refractivity contribution in [1.82, 2.24) is 14.2 Å². The number of rotatable bonds is 1. The summed E-state index contributed by atoms with van der Waals surface area (Å²) in [5, 5.41) is 14.4. The number of aromatic nitrogens is 3. The number of para-hydroxylation sites is 2. The van der Waals surface area contributed by atoms with Gasteiger partial charge in [0.2, 0.25) is 0 Å². The van der Waals surface area contributed by atoms with Crippen molar-refractivity contribution in [3.05, 3.63) is 90.4 Å². The molecule has 0 saturated heterocycles. The molecule has 0 spiro atoms. The summed E-state index contributed by atoms with van der Waals surface area (Å²) in [5.41, 5.74) is 4.79. The quantitative estimate of drug-likeness (QED) is 0.303. The van der Waals surface area contributed by atoms with Crippen LogP contribution in [0.3, 0.4) is 0 Å². The molecule has 7 aromatic rings. The Labute approximate surface area is 170 Å². The van der Waals surface area contributed by atoms with Crippen molar-refractivity contribution < 1.29 is 0 Å². The van der Waals surface area contributed by atoms with E-state index in [9.17, 15) is 0 Å². The highest BCUT2D eigenvalue weighted by Crippen LogP contribution is 2.41. The average molecular weight is 389 g/mol. The minimum atomic E-state index is 1.15. The van der Waals surface area contributed by atoms with Crippen LogP contribution in [0, 0.1) is 0 Å². The Morgan fingerprint density at radius 2 is 1.17 bits per heavy atom. The van der Waals surface area contributed by atoms with Gasteiger partial charge in [-0.3, -0.25) is 0 Å². The van der Waals surface area contributed by atoms with Gasteiger partial charge in [-0.2, -0.15) is 5.10 Å². The molecule has 0 aliphatic carbocycles. The summed E-state index contributed by atoms with van der Waals surface area (Å²) in [6, 6.07) is 28.1. The van der Waals surface area contributed by atoms with E-state index in [1.165, 1.54) is 43.0 Å². The third-order valence-electron chi connectivity index (χ3n) is 5.88. The Hall–Kier alpha value is -3.63. The maximum absolute atomic E-state index is 4.63. The molecule has 4 aromatic heterocycles. The molecule has 0 N–H and O–H groups in total. The summed E-state index contributed by atoms with van der Waals surface area (Å²) >= 11 is 1.79. The third kappa shape index (κ3) is 1.89. The first-order valence-electron chi connectivity index (χ1n) is 9.66. The lowest BCUT2D eigenvalue weighted by atomic mass is 10.1. The van der Waals surface area contributed by atoms with Crippen molar-refractivity contribution in [3.63, 3.8) is 0 Å². The van der Waals surface area contributed by atoms with E-state index in [1.54, 1.807) is 11.3 Å². The van der Waals surface area contributed by atoms with Gasteiger partial charge in [-0.15, -0.1) is 11.3 Å². The van der Waals surface area contributed by atoms with Crippen LogP contribution in [0.15, 0.2) is 90.4 Å². The van der Waals surface area contributed by atoms with Crippen molar-refractivity contribution in [2.75, 3.05) is 0 Å². The molecule has 4 heterocycles. The van der Waals surface area contributed by atoms with Gasteiger partial charge in [0.15, 0.2) is 0 Å². The molecule has 3 aromatic carbocycles. The fourth-order valence-corrected chi connectivity index (χ4v) is 5.75. The summed E-state index contributed by atoms with van der Waals surface area (Å²) in [6.07, 6.45) is 1.89. The first-order valence-corrected chi connectivity index (χ1v) is 10.5. The minimum absolute atomic E-state index is 1.15. The van der Waals surface area contributed by atoms with E-state index in [0.29, 0.717) is 0 Å². The summed E-state index contributed by atoms with van der Waals surface area (Å²) in [7, 11) is 0. The smallest absolute Gasteiger partial charge is 0.110 e. The van der Waals surface area contributed by atoms with Crippen LogP contribution < -0.4 is 0 Å². The van der Waals surface area contributed by atoms with Gasteiger partial charge in [0, 0.05) is 26.9 Å². The van der Waals surface area contributed by atoms with Gasteiger partial charge in [0.25, 0.3) is 0 Å².